The van der Waals surface area contributed by atoms with Crippen molar-refractivity contribution in [1.29, 1.82) is 0 Å². The largest absolute Gasteiger partial charge is 0.494 e. The van der Waals surface area contributed by atoms with Gasteiger partial charge in [-0.1, -0.05) is 6.07 Å². The number of carbonyl (C=O) groups excluding carboxylic acids is 1. The van der Waals surface area contributed by atoms with Gasteiger partial charge >= 0.3 is 6.03 Å². The van der Waals surface area contributed by atoms with Crippen molar-refractivity contribution in [2.45, 2.75) is 37.6 Å². The monoisotopic (exact) mass is 405 g/mol. The number of amides is 2. The maximum absolute atomic E-state index is 12.0. The van der Waals surface area contributed by atoms with Gasteiger partial charge in [0, 0.05) is 26.4 Å². The highest BCUT2D eigenvalue weighted by Gasteiger charge is 2.34. The number of fused-ring (bicyclic) bond motifs is 1. The van der Waals surface area contributed by atoms with Crippen LogP contribution in [0.15, 0.2) is 12.1 Å². The third-order valence-electron chi connectivity index (χ3n) is 5.97. The first-order valence-electron chi connectivity index (χ1n) is 9.84. The van der Waals surface area contributed by atoms with Crippen LogP contribution in [0, 0.1) is 5.92 Å². The zero-order valence-corrected chi connectivity index (χ0v) is 16.9. The topological polar surface area (TPSA) is 97.9 Å². The molecule has 0 saturated carbocycles. The first-order chi connectivity index (χ1) is 13.6. The number of methoxy groups -OCH3 is 1. The number of aliphatic hydroxyl groups is 1. The summed E-state index contributed by atoms with van der Waals surface area (Å²) in [5.41, 5.74) is 7.77. The van der Waals surface area contributed by atoms with Gasteiger partial charge in [0.25, 0.3) is 0 Å². The molecule has 8 heteroatoms. The standard InChI is InChI=1S/C20H27N3O4S/c1-26-16-3-2-14(13-5-8-27-9-6-13)18-17(16)22-19(28-18)15-10-12(11-24)4-7-23(15)20(21)25/h2-3,12-13,15,24H,4-11H2,1H3,(H2,21,25). The van der Waals surface area contributed by atoms with Crippen LogP contribution < -0.4 is 10.5 Å². The molecule has 2 aliphatic heterocycles. The Labute approximate surface area is 168 Å². The molecule has 2 aliphatic rings. The molecular weight excluding hydrogens is 378 g/mol. The smallest absolute Gasteiger partial charge is 0.315 e. The van der Waals surface area contributed by atoms with Crippen LogP contribution in [0.1, 0.15) is 48.2 Å². The van der Waals surface area contributed by atoms with E-state index >= 15 is 0 Å². The third-order valence-corrected chi connectivity index (χ3v) is 7.18. The lowest BCUT2D eigenvalue weighted by molar-refractivity contribution is 0.0856. The highest BCUT2D eigenvalue weighted by molar-refractivity contribution is 7.18. The number of nitrogens with zero attached hydrogens (tertiary/aromatic N) is 2. The molecule has 0 aliphatic carbocycles. The van der Waals surface area contributed by atoms with Crippen LogP contribution in [-0.4, -0.2) is 54.5 Å². The van der Waals surface area contributed by atoms with E-state index in [1.54, 1.807) is 23.3 Å². The number of nitrogens with two attached hydrogens (primary N) is 1. The van der Waals surface area contributed by atoms with Crippen molar-refractivity contribution < 1.29 is 19.4 Å². The van der Waals surface area contributed by atoms with Crippen LogP contribution >= 0.6 is 11.3 Å². The van der Waals surface area contributed by atoms with E-state index in [9.17, 15) is 9.90 Å². The van der Waals surface area contributed by atoms with Crippen LogP contribution in [0.2, 0.25) is 0 Å². The number of hydrogen-bond donors (Lipinski definition) is 2. The fourth-order valence-corrected chi connectivity index (χ4v) is 5.66. The van der Waals surface area contributed by atoms with Crippen LogP contribution in [-0.2, 0) is 4.74 Å². The lowest BCUT2D eigenvalue weighted by Crippen LogP contribution is -2.44. The quantitative estimate of drug-likeness (QED) is 0.815. The maximum atomic E-state index is 12.0. The number of rotatable bonds is 4. The van der Waals surface area contributed by atoms with Gasteiger partial charge in [-0.15, -0.1) is 11.3 Å². The molecule has 0 radical (unpaired) electrons. The van der Waals surface area contributed by atoms with Crippen molar-refractivity contribution in [2.75, 3.05) is 33.5 Å². The predicted octanol–water partition coefficient (Wildman–Crippen LogP) is 3.02. The Balaban J connectivity index is 1.77. The summed E-state index contributed by atoms with van der Waals surface area (Å²) < 4.78 is 12.2. The molecule has 4 rings (SSSR count). The number of likely N-dealkylation sites (tertiary alicyclic amines) is 1. The highest BCUT2D eigenvalue weighted by Crippen LogP contribution is 2.43. The number of ether oxygens (including phenoxy) is 2. The van der Waals surface area contributed by atoms with E-state index in [4.69, 9.17) is 20.2 Å². The minimum absolute atomic E-state index is 0.116. The molecule has 2 aromatic rings. The van der Waals surface area contributed by atoms with Crippen molar-refractivity contribution in [1.82, 2.24) is 9.88 Å². The Kier molecular flexibility index (Phi) is 5.70. The molecular formula is C20H27N3O4S. The summed E-state index contributed by atoms with van der Waals surface area (Å²) in [5.74, 6) is 1.34. The number of thiazole rings is 1. The fraction of sp³-hybridized carbons (Fsp3) is 0.600. The van der Waals surface area contributed by atoms with E-state index in [0.717, 1.165) is 53.4 Å². The molecule has 2 fully saturated rings. The first kappa shape index (κ1) is 19.4. The van der Waals surface area contributed by atoms with E-state index < -0.39 is 6.03 Å². The van der Waals surface area contributed by atoms with Gasteiger partial charge in [0.2, 0.25) is 0 Å². The van der Waals surface area contributed by atoms with Crippen molar-refractivity contribution in [3.05, 3.63) is 22.7 Å². The Morgan fingerprint density at radius 2 is 2.18 bits per heavy atom. The lowest BCUT2D eigenvalue weighted by Gasteiger charge is -2.36. The summed E-state index contributed by atoms with van der Waals surface area (Å²) in [6.45, 7) is 2.22. The number of piperidine rings is 1. The van der Waals surface area contributed by atoms with Crippen molar-refractivity contribution in [3.63, 3.8) is 0 Å². The van der Waals surface area contributed by atoms with Gasteiger partial charge in [-0.3, -0.25) is 0 Å². The van der Waals surface area contributed by atoms with E-state index in [-0.39, 0.29) is 18.6 Å². The number of aliphatic hydroxyl groups excluding tert-OH is 1. The summed E-state index contributed by atoms with van der Waals surface area (Å²) in [6.07, 6.45) is 3.43. The molecule has 3 heterocycles. The molecule has 0 bridgehead atoms. The van der Waals surface area contributed by atoms with Gasteiger partial charge in [0.15, 0.2) is 0 Å². The summed E-state index contributed by atoms with van der Waals surface area (Å²) in [7, 11) is 1.65. The highest BCUT2D eigenvalue weighted by atomic mass is 32.1. The SMILES string of the molecule is COc1ccc(C2CCOCC2)c2sc(C3CC(CO)CCN3C(N)=O)nc12. The average molecular weight is 406 g/mol. The average Bonchev–Trinajstić information content (AvgIpc) is 3.18. The van der Waals surface area contributed by atoms with Gasteiger partial charge in [-0.05, 0) is 49.1 Å². The van der Waals surface area contributed by atoms with Gasteiger partial charge in [-0.2, -0.15) is 0 Å². The molecule has 7 nitrogen and oxygen atoms in total. The van der Waals surface area contributed by atoms with Crippen LogP contribution in [0.3, 0.4) is 0 Å². The van der Waals surface area contributed by atoms with Gasteiger partial charge in [0.05, 0.1) is 17.9 Å². The second kappa shape index (κ2) is 8.23. The van der Waals surface area contributed by atoms with Crippen molar-refractivity contribution >= 4 is 27.6 Å². The van der Waals surface area contributed by atoms with Crippen LogP contribution in [0.4, 0.5) is 4.79 Å². The summed E-state index contributed by atoms with van der Waals surface area (Å²) >= 11 is 1.62. The fourth-order valence-electron chi connectivity index (χ4n) is 4.36. The molecule has 2 atom stereocenters. The molecule has 28 heavy (non-hydrogen) atoms. The Bertz CT molecular complexity index is 849. The number of primary amides is 1. The second-order valence-corrected chi connectivity index (χ2v) is 8.62. The normalized spacial score (nSPS) is 23.9. The molecule has 1 aromatic heterocycles. The molecule has 0 spiro atoms. The number of urea groups is 1. The minimum atomic E-state index is -0.433. The summed E-state index contributed by atoms with van der Waals surface area (Å²) in [6, 6.07) is 3.49. The minimum Gasteiger partial charge on any atom is -0.494 e. The lowest BCUT2D eigenvalue weighted by atomic mass is 9.91. The van der Waals surface area contributed by atoms with Crippen LogP contribution in [0.25, 0.3) is 10.2 Å². The Hall–Kier alpha value is -1.90. The summed E-state index contributed by atoms with van der Waals surface area (Å²) in [4.78, 5) is 18.6. The number of carbonyl (C=O) groups is 1. The Morgan fingerprint density at radius 1 is 1.39 bits per heavy atom. The first-order valence-corrected chi connectivity index (χ1v) is 10.7. The number of aromatic nitrogens is 1. The van der Waals surface area contributed by atoms with E-state index in [2.05, 4.69) is 6.07 Å². The molecule has 2 unspecified atom stereocenters. The molecule has 2 amide bonds. The third kappa shape index (κ3) is 3.56. The molecule has 2 saturated heterocycles. The zero-order chi connectivity index (χ0) is 19.7. The van der Waals surface area contributed by atoms with E-state index in [1.165, 1.54) is 5.56 Å². The molecule has 1 aromatic carbocycles. The van der Waals surface area contributed by atoms with Crippen molar-refractivity contribution in [3.8, 4) is 5.75 Å². The molecule has 152 valence electrons. The van der Waals surface area contributed by atoms with Gasteiger partial charge < -0.3 is 25.2 Å². The van der Waals surface area contributed by atoms with Gasteiger partial charge in [0.1, 0.15) is 16.3 Å². The van der Waals surface area contributed by atoms with Crippen molar-refractivity contribution in [2.24, 2.45) is 11.7 Å². The van der Waals surface area contributed by atoms with E-state index in [1.807, 2.05) is 6.07 Å². The van der Waals surface area contributed by atoms with E-state index in [0.29, 0.717) is 18.9 Å². The predicted molar refractivity (Wildman–Crippen MR) is 108 cm³/mol. The number of benzene rings is 1. The summed E-state index contributed by atoms with van der Waals surface area (Å²) in [5, 5.41) is 10.5. The van der Waals surface area contributed by atoms with Gasteiger partial charge in [-0.25, -0.2) is 9.78 Å². The Morgan fingerprint density at radius 3 is 2.86 bits per heavy atom. The zero-order valence-electron chi connectivity index (χ0n) is 16.1. The number of hydrogen-bond acceptors (Lipinski definition) is 6. The van der Waals surface area contributed by atoms with Crippen LogP contribution in [0.5, 0.6) is 5.75 Å². The maximum Gasteiger partial charge on any atom is 0.315 e. The second-order valence-electron chi connectivity index (χ2n) is 7.59. The molecule has 3 N–H and O–H groups in total.